The van der Waals surface area contributed by atoms with Gasteiger partial charge in [0.25, 0.3) is 5.91 Å². The molecular formula is C21H16F2N4O3S. The highest BCUT2D eigenvalue weighted by molar-refractivity contribution is 7.14. The van der Waals surface area contributed by atoms with E-state index in [-0.39, 0.29) is 16.2 Å². The van der Waals surface area contributed by atoms with Gasteiger partial charge in [-0.3, -0.25) is 19.6 Å². The summed E-state index contributed by atoms with van der Waals surface area (Å²) in [5.74, 6) is -1.39. The molecule has 2 aromatic carbocycles. The van der Waals surface area contributed by atoms with Crippen molar-refractivity contribution in [2.75, 3.05) is 12.4 Å². The molecule has 0 bridgehead atoms. The van der Waals surface area contributed by atoms with E-state index in [1.165, 1.54) is 42.1 Å². The van der Waals surface area contributed by atoms with Gasteiger partial charge < -0.3 is 4.74 Å². The van der Waals surface area contributed by atoms with Gasteiger partial charge >= 0.3 is 0 Å². The van der Waals surface area contributed by atoms with E-state index in [0.717, 1.165) is 17.4 Å². The standard InChI is InChI=1S/C21H16F2N4O3S/c1-3-27-16-6-4-11(22)9-14(16)19(28)18(26-27)20(29)25-21-24-15(10-31-21)13-8-12(23)5-7-17(13)30-2/h4-10H,3H2,1-2H3,(H,24,25,29). The zero-order valence-corrected chi connectivity index (χ0v) is 17.3. The Balaban J connectivity index is 1.69. The molecule has 1 amide bonds. The third-order valence-electron chi connectivity index (χ3n) is 4.59. The van der Waals surface area contributed by atoms with Crippen molar-refractivity contribution in [3.8, 4) is 17.0 Å². The quantitative estimate of drug-likeness (QED) is 0.503. The number of aromatic nitrogens is 3. The van der Waals surface area contributed by atoms with Crippen LogP contribution in [0.1, 0.15) is 17.4 Å². The van der Waals surface area contributed by atoms with E-state index in [1.54, 1.807) is 12.3 Å². The normalized spacial score (nSPS) is 11.0. The van der Waals surface area contributed by atoms with Crippen molar-refractivity contribution in [2.45, 2.75) is 13.5 Å². The summed E-state index contributed by atoms with van der Waals surface area (Å²) in [4.78, 5) is 29.8. The van der Waals surface area contributed by atoms with Crippen LogP contribution in [0.2, 0.25) is 0 Å². The number of hydrogen-bond acceptors (Lipinski definition) is 6. The van der Waals surface area contributed by atoms with E-state index in [9.17, 15) is 18.4 Å². The minimum Gasteiger partial charge on any atom is -0.496 e. The van der Waals surface area contributed by atoms with Crippen LogP contribution < -0.4 is 15.5 Å². The minimum absolute atomic E-state index is 0.0614. The molecule has 10 heteroatoms. The fourth-order valence-electron chi connectivity index (χ4n) is 3.14. The molecule has 0 saturated carbocycles. The first-order valence-electron chi connectivity index (χ1n) is 9.22. The fourth-order valence-corrected chi connectivity index (χ4v) is 3.85. The Morgan fingerprint density at radius 2 is 1.94 bits per heavy atom. The average Bonchev–Trinajstić information content (AvgIpc) is 3.22. The molecule has 7 nitrogen and oxygen atoms in total. The lowest BCUT2D eigenvalue weighted by atomic mass is 10.1. The van der Waals surface area contributed by atoms with Crippen LogP contribution in [0, 0.1) is 11.6 Å². The maximum Gasteiger partial charge on any atom is 0.281 e. The number of amides is 1. The third-order valence-corrected chi connectivity index (χ3v) is 5.35. The lowest BCUT2D eigenvalue weighted by Gasteiger charge is -2.10. The number of fused-ring (bicyclic) bond motifs is 1. The number of ether oxygens (including phenoxy) is 1. The van der Waals surface area contributed by atoms with E-state index in [4.69, 9.17) is 4.74 Å². The van der Waals surface area contributed by atoms with Crippen LogP contribution in [0.5, 0.6) is 5.75 Å². The molecule has 2 heterocycles. The average molecular weight is 442 g/mol. The summed E-state index contributed by atoms with van der Waals surface area (Å²) in [6.07, 6.45) is 0. The number of halogens is 2. The Hall–Kier alpha value is -3.66. The molecule has 0 spiro atoms. The molecule has 0 atom stereocenters. The number of anilines is 1. The van der Waals surface area contributed by atoms with Crippen LogP contribution in [0.3, 0.4) is 0 Å². The summed E-state index contributed by atoms with van der Waals surface area (Å²) >= 11 is 1.10. The first-order valence-corrected chi connectivity index (χ1v) is 10.1. The number of nitrogens with one attached hydrogen (secondary N) is 1. The van der Waals surface area contributed by atoms with Gasteiger partial charge in [-0.2, -0.15) is 5.10 Å². The van der Waals surface area contributed by atoms with E-state index >= 15 is 0 Å². The van der Waals surface area contributed by atoms with Crippen LogP contribution in [-0.4, -0.2) is 27.8 Å². The number of hydrogen-bond donors (Lipinski definition) is 1. The number of carbonyl (C=O) groups is 1. The summed E-state index contributed by atoms with van der Waals surface area (Å²) in [6, 6.07) is 7.79. The second kappa shape index (κ2) is 8.23. The number of thiazole rings is 1. The van der Waals surface area contributed by atoms with Gasteiger partial charge in [-0.25, -0.2) is 13.8 Å². The highest BCUT2D eigenvalue weighted by Gasteiger charge is 2.20. The van der Waals surface area contributed by atoms with Gasteiger partial charge in [-0.15, -0.1) is 11.3 Å². The highest BCUT2D eigenvalue weighted by Crippen LogP contribution is 2.32. The zero-order valence-electron chi connectivity index (χ0n) is 16.5. The molecular weight excluding hydrogens is 426 g/mol. The molecule has 0 aliphatic carbocycles. The SMILES string of the molecule is CCn1nc(C(=O)Nc2nc(-c3cc(F)ccc3OC)cs2)c(=O)c2cc(F)ccc21. The van der Waals surface area contributed by atoms with Crippen LogP contribution in [0.25, 0.3) is 22.2 Å². The predicted molar refractivity (Wildman–Crippen MR) is 114 cm³/mol. The Morgan fingerprint density at radius 1 is 1.19 bits per heavy atom. The van der Waals surface area contributed by atoms with Crippen molar-refractivity contribution >= 4 is 33.3 Å². The Bertz CT molecular complexity index is 1370. The van der Waals surface area contributed by atoms with Crippen molar-refractivity contribution in [1.82, 2.24) is 14.8 Å². The maximum absolute atomic E-state index is 13.7. The molecule has 0 radical (unpaired) electrons. The van der Waals surface area contributed by atoms with Crippen LogP contribution >= 0.6 is 11.3 Å². The number of nitrogens with zero attached hydrogens (tertiary/aromatic N) is 3. The largest absolute Gasteiger partial charge is 0.496 e. The second-order valence-corrected chi connectivity index (χ2v) is 7.35. The Morgan fingerprint density at radius 3 is 2.68 bits per heavy atom. The molecule has 0 aliphatic heterocycles. The number of methoxy groups -OCH3 is 1. The first-order chi connectivity index (χ1) is 14.9. The summed E-state index contributed by atoms with van der Waals surface area (Å²) < 4.78 is 34.0. The van der Waals surface area contributed by atoms with E-state index < -0.39 is 23.0 Å². The molecule has 31 heavy (non-hydrogen) atoms. The second-order valence-electron chi connectivity index (χ2n) is 6.49. The summed E-state index contributed by atoms with van der Waals surface area (Å²) in [7, 11) is 1.46. The van der Waals surface area contributed by atoms with Crippen LogP contribution in [0.4, 0.5) is 13.9 Å². The molecule has 2 aromatic heterocycles. The first kappa shape index (κ1) is 20.6. The van der Waals surface area contributed by atoms with Gasteiger partial charge in [-0.1, -0.05) is 0 Å². The maximum atomic E-state index is 13.7. The van der Waals surface area contributed by atoms with Crippen molar-refractivity contribution in [1.29, 1.82) is 0 Å². The molecule has 0 unspecified atom stereocenters. The highest BCUT2D eigenvalue weighted by atomic mass is 32.1. The van der Waals surface area contributed by atoms with E-state index in [0.29, 0.717) is 29.1 Å². The predicted octanol–water partition coefficient (Wildman–Crippen LogP) is 4.08. The number of carbonyl (C=O) groups excluding carboxylic acids is 1. The molecule has 4 rings (SSSR count). The van der Waals surface area contributed by atoms with Crippen molar-refractivity contribution in [3.05, 3.63) is 69.3 Å². The Kier molecular flexibility index (Phi) is 5.47. The topological polar surface area (TPSA) is 86.1 Å². The minimum atomic E-state index is -0.773. The lowest BCUT2D eigenvalue weighted by molar-refractivity contribution is 0.101. The molecule has 158 valence electrons. The number of benzene rings is 2. The number of aryl methyl sites for hydroxylation is 1. The van der Waals surface area contributed by atoms with Crippen LogP contribution in [0.15, 0.2) is 46.6 Å². The molecule has 4 aromatic rings. The van der Waals surface area contributed by atoms with Gasteiger partial charge in [0.15, 0.2) is 10.8 Å². The third kappa shape index (κ3) is 3.89. The van der Waals surface area contributed by atoms with Gasteiger partial charge in [0.2, 0.25) is 5.43 Å². The molecule has 0 fully saturated rings. The van der Waals surface area contributed by atoms with E-state index in [2.05, 4.69) is 15.4 Å². The van der Waals surface area contributed by atoms with Gasteiger partial charge in [-0.05, 0) is 43.3 Å². The van der Waals surface area contributed by atoms with E-state index in [1.807, 2.05) is 0 Å². The van der Waals surface area contributed by atoms with Gasteiger partial charge in [0.1, 0.15) is 17.4 Å². The summed E-state index contributed by atoms with van der Waals surface area (Å²) in [6.45, 7) is 2.17. The van der Waals surface area contributed by atoms with Gasteiger partial charge in [0.05, 0.1) is 23.7 Å². The monoisotopic (exact) mass is 442 g/mol. The van der Waals surface area contributed by atoms with Gasteiger partial charge in [0, 0.05) is 17.5 Å². The van der Waals surface area contributed by atoms with Crippen molar-refractivity contribution < 1.29 is 18.3 Å². The zero-order chi connectivity index (χ0) is 22.1. The van der Waals surface area contributed by atoms with Crippen molar-refractivity contribution in [2.24, 2.45) is 0 Å². The van der Waals surface area contributed by atoms with Crippen molar-refractivity contribution in [3.63, 3.8) is 0 Å². The number of rotatable bonds is 5. The fraction of sp³-hybridized carbons (Fsp3) is 0.143. The lowest BCUT2D eigenvalue weighted by Crippen LogP contribution is -2.27. The van der Waals surface area contributed by atoms with Crippen LogP contribution in [-0.2, 0) is 6.54 Å². The smallest absolute Gasteiger partial charge is 0.281 e. The Labute approximate surface area is 178 Å². The molecule has 0 aliphatic rings. The summed E-state index contributed by atoms with van der Waals surface area (Å²) in [5.41, 5.74) is 0.198. The molecule has 0 saturated heterocycles. The molecule has 1 N–H and O–H groups in total. The summed E-state index contributed by atoms with van der Waals surface area (Å²) in [5, 5.41) is 8.54.